The second kappa shape index (κ2) is 11.4. The van der Waals surface area contributed by atoms with Gasteiger partial charge in [-0.3, -0.25) is 0 Å². The molecule has 0 saturated heterocycles. The number of ether oxygens (including phenoxy) is 3. The van der Waals surface area contributed by atoms with Gasteiger partial charge in [-0.1, -0.05) is 6.92 Å². The summed E-state index contributed by atoms with van der Waals surface area (Å²) in [4.78, 5) is 8.60. The van der Waals surface area contributed by atoms with Crippen LogP contribution in [0.3, 0.4) is 0 Å². The lowest BCUT2D eigenvalue weighted by Gasteiger charge is -2.09. The van der Waals surface area contributed by atoms with Crippen LogP contribution in [-0.4, -0.2) is 50.1 Å². The fourth-order valence-electron chi connectivity index (χ4n) is 1.68. The molecule has 21 heavy (non-hydrogen) atoms. The maximum Gasteiger partial charge on any atom is 0.316 e. The topological polar surface area (TPSA) is 65.5 Å². The lowest BCUT2D eigenvalue weighted by molar-refractivity contribution is 0.0639. The molecule has 0 unspecified atom stereocenters. The van der Waals surface area contributed by atoms with Crippen LogP contribution in [0.25, 0.3) is 0 Å². The number of hydrogen-bond acceptors (Lipinski definition) is 6. The Balaban J connectivity index is 2.22. The van der Waals surface area contributed by atoms with E-state index in [1.165, 1.54) is 0 Å². The summed E-state index contributed by atoms with van der Waals surface area (Å²) in [6.07, 6.45) is 3.76. The number of nitrogens with one attached hydrogen (secondary N) is 1. The predicted molar refractivity (Wildman–Crippen MR) is 81.6 cm³/mol. The van der Waals surface area contributed by atoms with Crippen molar-refractivity contribution in [1.82, 2.24) is 15.3 Å². The second-order valence-electron chi connectivity index (χ2n) is 4.75. The summed E-state index contributed by atoms with van der Waals surface area (Å²) >= 11 is 0. The molecular weight excluding hydrogens is 270 g/mol. The maximum atomic E-state index is 5.52. The average Bonchev–Trinajstić information content (AvgIpc) is 2.48. The van der Waals surface area contributed by atoms with Crippen LogP contribution in [0.2, 0.25) is 0 Å². The molecule has 1 rings (SSSR count). The molecule has 1 N–H and O–H groups in total. The Hall–Kier alpha value is -1.24. The number of aromatic nitrogens is 2. The largest absolute Gasteiger partial charge is 0.463 e. The van der Waals surface area contributed by atoms with Crippen LogP contribution in [0.15, 0.2) is 6.20 Å². The van der Waals surface area contributed by atoms with Gasteiger partial charge < -0.3 is 19.5 Å². The molecule has 0 aliphatic rings. The van der Waals surface area contributed by atoms with Gasteiger partial charge in [0.15, 0.2) is 0 Å². The zero-order valence-electron chi connectivity index (χ0n) is 13.4. The zero-order chi connectivity index (χ0) is 15.3. The van der Waals surface area contributed by atoms with E-state index >= 15 is 0 Å². The van der Waals surface area contributed by atoms with Gasteiger partial charge in [0.05, 0.1) is 19.8 Å². The van der Waals surface area contributed by atoms with Crippen molar-refractivity contribution in [2.75, 3.05) is 40.1 Å². The van der Waals surface area contributed by atoms with E-state index < -0.39 is 0 Å². The van der Waals surface area contributed by atoms with E-state index in [1.54, 1.807) is 7.11 Å². The van der Waals surface area contributed by atoms with E-state index in [9.17, 15) is 0 Å². The highest BCUT2D eigenvalue weighted by molar-refractivity contribution is 5.17. The Morgan fingerprint density at radius 2 is 2.05 bits per heavy atom. The summed E-state index contributed by atoms with van der Waals surface area (Å²) in [5.74, 6) is 0. The Morgan fingerprint density at radius 3 is 2.76 bits per heavy atom. The number of aryl methyl sites for hydroxylation is 1. The summed E-state index contributed by atoms with van der Waals surface area (Å²) < 4.78 is 15.8. The van der Waals surface area contributed by atoms with Gasteiger partial charge in [-0.05, 0) is 19.9 Å². The van der Waals surface area contributed by atoms with Gasteiger partial charge in [-0.15, -0.1) is 0 Å². The lowest BCUT2D eigenvalue weighted by atomic mass is 10.2. The highest BCUT2D eigenvalue weighted by atomic mass is 16.5. The highest BCUT2D eigenvalue weighted by Crippen LogP contribution is 2.08. The van der Waals surface area contributed by atoms with Crippen molar-refractivity contribution in [3.8, 4) is 6.01 Å². The van der Waals surface area contributed by atoms with E-state index in [-0.39, 0.29) is 0 Å². The Kier molecular flexibility index (Phi) is 9.69. The molecule has 1 heterocycles. The van der Waals surface area contributed by atoms with E-state index in [0.717, 1.165) is 37.2 Å². The van der Waals surface area contributed by atoms with Crippen LogP contribution >= 0.6 is 0 Å². The van der Waals surface area contributed by atoms with Gasteiger partial charge in [0, 0.05) is 44.1 Å². The monoisotopic (exact) mass is 297 g/mol. The molecule has 1 aromatic heterocycles. The summed E-state index contributed by atoms with van der Waals surface area (Å²) in [6, 6.07) is 0.434. The van der Waals surface area contributed by atoms with Crippen LogP contribution < -0.4 is 10.1 Å². The van der Waals surface area contributed by atoms with Gasteiger partial charge in [0.25, 0.3) is 0 Å². The van der Waals surface area contributed by atoms with Crippen molar-refractivity contribution in [3.63, 3.8) is 0 Å². The molecule has 0 fully saturated rings. The van der Waals surface area contributed by atoms with Crippen molar-refractivity contribution in [1.29, 1.82) is 0 Å². The van der Waals surface area contributed by atoms with Crippen LogP contribution in [-0.2, 0) is 16.0 Å². The number of rotatable bonds is 12. The first-order chi connectivity index (χ1) is 10.3. The predicted octanol–water partition coefficient (Wildman–Crippen LogP) is 1.72. The Labute approximate surface area is 127 Å². The molecule has 1 aromatic rings. The molecule has 0 aromatic carbocycles. The van der Waals surface area contributed by atoms with Gasteiger partial charge in [0.2, 0.25) is 0 Å². The molecule has 120 valence electrons. The van der Waals surface area contributed by atoms with Gasteiger partial charge in [-0.25, -0.2) is 9.97 Å². The van der Waals surface area contributed by atoms with Crippen LogP contribution in [0.1, 0.15) is 31.0 Å². The maximum absolute atomic E-state index is 5.52. The molecule has 0 atom stereocenters. The fourth-order valence-corrected chi connectivity index (χ4v) is 1.68. The minimum absolute atomic E-state index is 0.434. The fraction of sp³-hybridized carbons (Fsp3) is 0.733. The molecular formula is C15H27N3O3. The molecule has 0 aliphatic carbocycles. The van der Waals surface area contributed by atoms with Crippen molar-refractivity contribution >= 4 is 0 Å². The number of hydrogen-bond donors (Lipinski definition) is 1. The average molecular weight is 297 g/mol. The third-order valence-corrected chi connectivity index (χ3v) is 2.90. The van der Waals surface area contributed by atoms with E-state index in [2.05, 4.69) is 22.2 Å². The van der Waals surface area contributed by atoms with Gasteiger partial charge >= 0.3 is 6.01 Å². The summed E-state index contributed by atoms with van der Waals surface area (Å²) in [5.41, 5.74) is 2.07. The first-order valence-electron chi connectivity index (χ1n) is 7.50. The van der Waals surface area contributed by atoms with Crippen LogP contribution in [0.5, 0.6) is 6.01 Å². The molecule has 0 aliphatic heterocycles. The summed E-state index contributed by atoms with van der Waals surface area (Å²) in [5, 5.41) is 3.34. The lowest BCUT2D eigenvalue weighted by Crippen LogP contribution is -2.15. The van der Waals surface area contributed by atoms with Crippen molar-refractivity contribution in [2.24, 2.45) is 0 Å². The molecule has 0 amide bonds. The highest BCUT2D eigenvalue weighted by Gasteiger charge is 2.04. The molecule has 0 spiro atoms. The van der Waals surface area contributed by atoms with Gasteiger partial charge in [0.1, 0.15) is 0 Å². The first kappa shape index (κ1) is 17.8. The number of methoxy groups -OCH3 is 1. The quantitative estimate of drug-likeness (QED) is 0.593. The summed E-state index contributed by atoms with van der Waals surface area (Å²) in [6.45, 7) is 8.37. The molecule has 0 bridgehead atoms. The smallest absolute Gasteiger partial charge is 0.316 e. The second-order valence-corrected chi connectivity index (χ2v) is 4.75. The van der Waals surface area contributed by atoms with Crippen molar-refractivity contribution in [2.45, 2.75) is 33.2 Å². The standard InChI is InChI=1S/C15H27N3O3/c1-4-6-16-11-14-12-17-15(18-13(14)2)21-8-5-7-20-10-9-19-3/h12,16H,4-11H2,1-3H3. The third kappa shape index (κ3) is 7.94. The van der Waals surface area contributed by atoms with Crippen molar-refractivity contribution in [3.05, 3.63) is 17.5 Å². The minimum Gasteiger partial charge on any atom is -0.463 e. The molecule has 6 nitrogen and oxygen atoms in total. The first-order valence-corrected chi connectivity index (χ1v) is 7.50. The zero-order valence-corrected chi connectivity index (χ0v) is 13.4. The molecule has 0 saturated carbocycles. The van der Waals surface area contributed by atoms with Crippen LogP contribution in [0, 0.1) is 6.92 Å². The molecule has 6 heteroatoms. The summed E-state index contributed by atoms with van der Waals surface area (Å²) in [7, 11) is 1.66. The third-order valence-electron chi connectivity index (χ3n) is 2.90. The van der Waals surface area contributed by atoms with E-state index in [0.29, 0.717) is 32.4 Å². The SMILES string of the molecule is CCCNCc1cnc(OCCCOCCOC)nc1C. The van der Waals surface area contributed by atoms with Crippen molar-refractivity contribution < 1.29 is 14.2 Å². The van der Waals surface area contributed by atoms with Crippen LogP contribution in [0.4, 0.5) is 0 Å². The normalized spacial score (nSPS) is 10.8. The Morgan fingerprint density at radius 1 is 1.19 bits per heavy atom. The van der Waals surface area contributed by atoms with E-state index in [4.69, 9.17) is 14.2 Å². The molecule has 0 radical (unpaired) electrons. The van der Waals surface area contributed by atoms with E-state index in [1.807, 2.05) is 13.1 Å². The minimum atomic E-state index is 0.434. The Bertz CT molecular complexity index is 388. The van der Waals surface area contributed by atoms with Gasteiger partial charge in [-0.2, -0.15) is 0 Å². The number of nitrogens with zero attached hydrogens (tertiary/aromatic N) is 2.